The summed E-state index contributed by atoms with van der Waals surface area (Å²) in [5.41, 5.74) is 8.70. The van der Waals surface area contributed by atoms with Gasteiger partial charge in [-0.25, -0.2) is 0 Å². The average Bonchev–Trinajstić information content (AvgIpc) is 2.57. The van der Waals surface area contributed by atoms with Crippen molar-refractivity contribution < 1.29 is 0 Å². The van der Waals surface area contributed by atoms with Crippen molar-refractivity contribution in [3.63, 3.8) is 0 Å². The van der Waals surface area contributed by atoms with Crippen molar-refractivity contribution >= 4 is 38.6 Å². The summed E-state index contributed by atoms with van der Waals surface area (Å²) in [4.78, 5) is 8.37. The predicted molar refractivity (Wildman–Crippen MR) is 91.2 cm³/mol. The Morgan fingerprint density at radius 2 is 1.55 bits per heavy atom. The molecule has 4 heteroatoms. The second-order valence-corrected chi connectivity index (χ2v) is 5.19. The average molecular weight is 286 g/mol. The van der Waals surface area contributed by atoms with Gasteiger partial charge in [0.05, 0.1) is 11.4 Å². The van der Waals surface area contributed by atoms with Gasteiger partial charge in [0.2, 0.25) is 0 Å². The summed E-state index contributed by atoms with van der Waals surface area (Å²) in [6.07, 6.45) is 7.26. The monoisotopic (exact) mass is 286 g/mol. The number of nitrogen functional groups attached to an aromatic ring is 1. The maximum absolute atomic E-state index is 6.14. The summed E-state index contributed by atoms with van der Waals surface area (Å²) in [5.74, 6) is 0. The van der Waals surface area contributed by atoms with Crippen LogP contribution in [0.1, 0.15) is 0 Å². The van der Waals surface area contributed by atoms with Gasteiger partial charge in [-0.3, -0.25) is 9.97 Å². The van der Waals surface area contributed by atoms with Gasteiger partial charge in [-0.05, 0) is 41.1 Å². The minimum absolute atomic E-state index is 0.701. The van der Waals surface area contributed by atoms with Crippen molar-refractivity contribution in [3.8, 4) is 0 Å². The molecule has 0 aliphatic heterocycles. The molecule has 0 spiro atoms. The van der Waals surface area contributed by atoms with Gasteiger partial charge in [-0.15, -0.1) is 0 Å². The second kappa shape index (κ2) is 5.00. The van der Waals surface area contributed by atoms with Crippen LogP contribution in [0.15, 0.2) is 67.3 Å². The maximum atomic E-state index is 6.14. The number of nitrogens with zero attached hydrogens (tertiary/aromatic N) is 2. The van der Waals surface area contributed by atoms with Crippen LogP contribution in [-0.4, -0.2) is 9.97 Å². The molecular formula is C18H14N4. The number of pyridine rings is 2. The number of hydrogen-bond acceptors (Lipinski definition) is 4. The Balaban J connectivity index is 1.83. The Bertz CT molecular complexity index is 979. The molecule has 0 fully saturated rings. The number of hydrogen-bond donors (Lipinski definition) is 2. The molecular weight excluding hydrogens is 272 g/mol. The highest BCUT2D eigenvalue weighted by Gasteiger charge is 2.06. The summed E-state index contributed by atoms with van der Waals surface area (Å²) < 4.78 is 0. The van der Waals surface area contributed by atoms with Crippen LogP contribution in [-0.2, 0) is 0 Å². The van der Waals surface area contributed by atoms with E-state index < -0.39 is 0 Å². The van der Waals surface area contributed by atoms with Gasteiger partial charge in [0.25, 0.3) is 0 Å². The van der Waals surface area contributed by atoms with Crippen molar-refractivity contribution in [2.75, 3.05) is 11.1 Å². The van der Waals surface area contributed by atoms with Crippen LogP contribution >= 0.6 is 0 Å². The van der Waals surface area contributed by atoms with E-state index in [0.29, 0.717) is 5.69 Å². The SMILES string of the molecule is Nc1ccc2ccncc2c1Nc1ccc2ccncc2c1. The lowest BCUT2D eigenvalue weighted by atomic mass is 10.1. The van der Waals surface area contributed by atoms with Gasteiger partial charge in [0.15, 0.2) is 0 Å². The molecule has 0 radical (unpaired) electrons. The smallest absolute Gasteiger partial charge is 0.0713 e. The van der Waals surface area contributed by atoms with Gasteiger partial charge in [-0.2, -0.15) is 0 Å². The van der Waals surface area contributed by atoms with Crippen molar-refractivity contribution in [2.45, 2.75) is 0 Å². The zero-order valence-electron chi connectivity index (χ0n) is 11.8. The van der Waals surface area contributed by atoms with E-state index in [-0.39, 0.29) is 0 Å². The highest BCUT2D eigenvalue weighted by atomic mass is 14.9. The molecule has 4 rings (SSSR count). The van der Waals surface area contributed by atoms with E-state index in [9.17, 15) is 0 Å². The number of benzene rings is 2. The van der Waals surface area contributed by atoms with E-state index in [1.54, 1.807) is 12.4 Å². The molecule has 0 bridgehead atoms. The molecule has 4 nitrogen and oxygen atoms in total. The summed E-state index contributed by atoms with van der Waals surface area (Å²) in [7, 11) is 0. The first kappa shape index (κ1) is 12.6. The number of rotatable bonds is 2. The van der Waals surface area contributed by atoms with Crippen LogP contribution in [0.5, 0.6) is 0 Å². The Morgan fingerprint density at radius 3 is 2.45 bits per heavy atom. The van der Waals surface area contributed by atoms with Crippen molar-refractivity contribution in [1.82, 2.24) is 9.97 Å². The molecule has 0 aliphatic carbocycles. The molecule has 0 saturated heterocycles. The van der Waals surface area contributed by atoms with E-state index >= 15 is 0 Å². The van der Waals surface area contributed by atoms with Crippen LogP contribution in [0.25, 0.3) is 21.5 Å². The maximum Gasteiger partial charge on any atom is 0.0713 e. The Labute approximate surface area is 127 Å². The molecule has 0 unspecified atom stereocenters. The first-order valence-electron chi connectivity index (χ1n) is 7.04. The molecule has 0 aliphatic rings. The first-order valence-corrected chi connectivity index (χ1v) is 7.04. The van der Waals surface area contributed by atoms with Crippen molar-refractivity contribution in [3.05, 3.63) is 67.3 Å². The first-order chi connectivity index (χ1) is 10.8. The van der Waals surface area contributed by atoms with E-state index in [4.69, 9.17) is 5.73 Å². The number of aromatic nitrogens is 2. The largest absolute Gasteiger partial charge is 0.397 e. The van der Waals surface area contributed by atoms with Crippen LogP contribution in [0.3, 0.4) is 0 Å². The Morgan fingerprint density at radius 1 is 0.773 bits per heavy atom. The lowest BCUT2D eigenvalue weighted by Crippen LogP contribution is -1.97. The van der Waals surface area contributed by atoms with Crippen LogP contribution in [0.2, 0.25) is 0 Å². The third-order valence-electron chi connectivity index (χ3n) is 3.77. The molecule has 3 N–H and O–H groups in total. The third kappa shape index (κ3) is 2.11. The fraction of sp³-hybridized carbons (Fsp3) is 0. The zero-order chi connectivity index (χ0) is 14.9. The second-order valence-electron chi connectivity index (χ2n) is 5.19. The topological polar surface area (TPSA) is 63.8 Å². The standard InChI is InChI=1S/C18H14N4/c19-17-4-2-13-6-8-21-11-16(13)18(17)22-15-3-1-12-5-7-20-10-14(12)9-15/h1-11,22H,19H2. The van der Waals surface area contributed by atoms with Crippen LogP contribution < -0.4 is 11.1 Å². The summed E-state index contributed by atoms with van der Waals surface area (Å²) in [6, 6.07) is 14.1. The normalized spacial score (nSPS) is 10.9. The molecule has 106 valence electrons. The number of nitrogens with two attached hydrogens (primary N) is 1. The molecule has 4 aromatic rings. The van der Waals surface area contributed by atoms with Gasteiger partial charge in [0.1, 0.15) is 0 Å². The van der Waals surface area contributed by atoms with E-state index in [1.807, 2.05) is 42.7 Å². The van der Waals surface area contributed by atoms with Crippen molar-refractivity contribution in [1.29, 1.82) is 0 Å². The van der Waals surface area contributed by atoms with E-state index in [2.05, 4.69) is 27.4 Å². The highest BCUT2D eigenvalue weighted by molar-refractivity contribution is 6.01. The minimum atomic E-state index is 0.701. The Kier molecular flexibility index (Phi) is 2.86. The third-order valence-corrected chi connectivity index (χ3v) is 3.77. The highest BCUT2D eigenvalue weighted by Crippen LogP contribution is 2.32. The van der Waals surface area contributed by atoms with E-state index in [0.717, 1.165) is 32.9 Å². The fourth-order valence-corrected chi connectivity index (χ4v) is 2.62. The molecule has 0 atom stereocenters. The summed E-state index contributed by atoms with van der Waals surface area (Å²) in [5, 5.41) is 7.78. The number of nitrogens with one attached hydrogen (secondary N) is 1. The summed E-state index contributed by atoms with van der Waals surface area (Å²) >= 11 is 0. The quantitative estimate of drug-likeness (QED) is 0.544. The van der Waals surface area contributed by atoms with Gasteiger partial charge >= 0.3 is 0 Å². The molecule has 2 aromatic carbocycles. The molecule has 0 saturated carbocycles. The summed E-state index contributed by atoms with van der Waals surface area (Å²) in [6.45, 7) is 0. The Hall–Kier alpha value is -3.14. The molecule has 2 heterocycles. The van der Waals surface area contributed by atoms with Gasteiger partial charge in [0, 0.05) is 41.2 Å². The van der Waals surface area contributed by atoms with E-state index in [1.165, 1.54) is 0 Å². The zero-order valence-corrected chi connectivity index (χ0v) is 11.8. The number of anilines is 3. The molecule has 22 heavy (non-hydrogen) atoms. The van der Waals surface area contributed by atoms with Crippen LogP contribution in [0, 0.1) is 0 Å². The van der Waals surface area contributed by atoms with Gasteiger partial charge < -0.3 is 11.1 Å². The van der Waals surface area contributed by atoms with Crippen molar-refractivity contribution in [2.24, 2.45) is 0 Å². The molecule has 0 amide bonds. The lowest BCUT2D eigenvalue weighted by Gasteiger charge is -2.13. The number of fused-ring (bicyclic) bond motifs is 2. The van der Waals surface area contributed by atoms with Gasteiger partial charge in [-0.1, -0.05) is 12.1 Å². The predicted octanol–water partition coefficient (Wildman–Crippen LogP) is 4.11. The fourth-order valence-electron chi connectivity index (χ4n) is 2.62. The lowest BCUT2D eigenvalue weighted by molar-refractivity contribution is 1.36. The van der Waals surface area contributed by atoms with Crippen LogP contribution in [0.4, 0.5) is 17.1 Å². The minimum Gasteiger partial charge on any atom is -0.397 e. The molecule has 2 aromatic heterocycles.